The number of fused-ring (bicyclic) bond motifs is 1. The molecule has 0 radical (unpaired) electrons. The lowest BCUT2D eigenvalue weighted by Gasteiger charge is -2.20. The van der Waals surface area contributed by atoms with Gasteiger partial charge in [0, 0.05) is 18.7 Å². The van der Waals surface area contributed by atoms with E-state index in [4.69, 9.17) is 4.74 Å². The Morgan fingerprint density at radius 2 is 1.77 bits per heavy atom. The van der Waals surface area contributed by atoms with Gasteiger partial charge >= 0.3 is 5.97 Å². The van der Waals surface area contributed by atoms with Crippen LogP contribution < -0.4 is 5.32 Å². The third-order valence-corrected chi connectivity index (χ3v) is 7.62. The van der Waals surface area contributed by atoms with Crippen LogP contribution in [0.15, 0.2) is 47.4 Å². The van der Waals surface area contributed by atoms with Gasteiger partial charge in [-0.2, -0.15) is 4.31 Å². The standard InChI is InChI=1S/C21H23N3O5S2/c1-5-29-20(26)15-8-11-17-18(12-15)30-21(22-17)23-19(25)14-6-9-16(10-7-14)31(27,28)24(4)13(2)3/h6-13H,5H2,1-4H3,(H,22,23,25). The summed E-state index contributed by atoms with van der Waals surface area (Å²) in [5, 5.41) is 3.09. The zero-order valence-corrected chi connectivity index (χ0v) is 19.2. The Morgan fingerprint density at radius 1 is 1.13 bits per heavy atom. The normalized spacial score (nSPS) is 11.8. The summed E-state index contributed by atoms with van der Waals surface area (Å²) in [5.41, 5.74) is 1.36. The zero-order chi connectivity index (χ0) is 22.8. The Hall–Kier alpha value is -2.82. The van der Waals surface area contributed by atoms with E-state index in [0.717, 1.165) is 4.70 Å². The second-order valence-electron chi connectivity index (χ2n) is 7.02. The minimum Gasteiger partial charge on any atom is -0.462 e. The predicted molar refractivity (Wildman–Crippen MR) is 120 cm³/mol. The first-order valence-electron chi connectivity index (χ1n) is 9.60. The Labute approximate surface area is 184 Å². The number of carbonyl (C=O) groups excluding carboxylic acids is 2. The first-order chi connectivity index (χ1) is 14.6. The van der Waals surface area contributed by atoms with Crippen LogP contribution in [0.1, 0.15) is 41.5 Å². The van der Waals surface area contributed by atoms with Gasteiger partial charge in [0.05, 0.1) is 27.3 Å². The lowest BCUT2D eigenvalue weighted by molar-refractivity contribution is 0.0526. The van der Waals surface area contributed by atoms with E-state index < -0.39 is 21.9 Å². The molecule has 0 saturated heterocycles. The van der Waals surface area contributed by atoms with E-state index in [1.54, 1.807) is 39.0 Å². The summed E-state index contributed by atoms with van der Waals surface area (Å²) < 4.78 is 32.1. The number of aromatic nitrogens is 1. The fourth-order valence-corrected chi connectivity index (χ4v) is 4.98. The van der Waals surface area contributed by atoms with Crippen molar-refractivity contribution in [2.24, 2.45) is 0 Å². The molecule has 0 unspecified atom stereocenters. The molecule has 0 saturated carbocycles. The van der Waals surface area contributed by atoms with Crippen LogP contribution >= 0.6 is 11.3 Å². The quantitative estimate of drug-likeness (QED) is 0.537. The zero-order valence-electron chi connectivity index (χ0n) is 17.6. The van der Waals surface area contributed by atoms with Crippen LogP contribution in [-0.4, -0.2) is 49.3 Å². The van der Waals surface area contributed by atoms with Gasteiger partial charge in [-0.15, -0.1) is 0 Å². The maximum atomic E-state index is 12.6. The van der Waals surface area contributed by atoms with E-state index in [2.05, 4.69) is 10.3 Å². The number of hydrogen-bond donors (Lipinski definition) is 1. The molecule has 0 atom stereocenters. The lowest BCUT2D eigenvalue weighted by atomic mass is 10.2. The van der Waals surface area contributed by atoms with Crippen molar-refractivity contribution >= 4 is 48.6 Å². The summed E-state index contributed by atoms with van der Waals surface area (Å²) in [6.45, 7) is 5.59. The number of hydrogen-bond acceptors (Lipinski definition) is 7. The van der Waals surface area contributed by atoms with Crippen molar-refractivity contribution in [1.29, 1.82) is 0 Å². The number of sulfonamides is 1. The SMILES string of the molecule is CCOC(=O)c1ccc2nc(NC(=O)c3ccc(S(=O)(=O)N(C)C(C)C)cc3)sc2c1. The van der Waals surface area contributed by atoms with Crippen LogP contribution in [-0.2, 0) is 14.8 Å². The summed E-state index contributed by atoms with van der Waals surface area (Å²) in [6, 6.07) is 10.5. The number of rotatable bonds is 7. The Balaban J connectivity index is 1.77. The van der Waals surface area contributed by atoms with Gasteiger partial charge in [-0.05, 0) is 63.2 Å². The fraction of sp³-hybridized carbons (Fsp3) is 0.286. The van der Waals surface area contributed by atoms with Crippen molar-refractivity contribution in [3.8, 4) is 0 Å². The molecule has 164 valence electrons. The van der Waals surface area contributed by atoms with Crippen LogP contribution in [0.2, 0.25) is 0 Å². The van der Waals surface area contributed by atoms with E-state index in [0.29, 0.717) is 21.8 Å². The van der Waals surface area contributed by atoms with Crippen LogP contribution in [0.5, 0.6) is 0 Å². The molecular weight excluding hydrogens is 438 g/mol. The fourth-order valence-electron chi connectivity index (χ4n) is 2.71. The van der Waals surface area contributed by atoms with Crippen LogP contribution in [0.4, 0.5) is 5.13 Å². The molecule has 31 heavy (non-hydrogen) atoms. The molecule has 3 rings (SSSR count). The third kappa shape index (κ3) is 4.92. The van der Waals surface area contributed by atoms with E-state index in [9.17, 15) is 18.0 Å². The number of esters is 1. The van der Waals surface area contributed by atoms with Crippen molar-refractivity contribution in [2.75, 3.05) is 19.0 Å². The molecule has 0 fully saturated rings. The maximum Gasteiger partial charge on any atom is 0.338 e. The summed E-state index contributed by atoms with van der Waals surface area (Å²) >= 11 is 1.23. The highest BCUT2D eigenvalue weighted by Crippen LogP contribution is 2.27. The van der Waals surface area contributed by atoms with E-state index >= 15 is 0 Å². The van der Waals surface area contributed by atoms with Gasteiger partial charge in [-0.3, -0.25) is 10.1 Å². The van der Waals surface area contributed by atoms with E-state index in [1.165, 1.54) is 47.0 Å². The number of carbonyl (C=O) groups is 2. The molecule has 3 aromatic rings. The third-order valence-electron chi connectivity index (χ3n) is 4.64. The molecule has 1 N–H and O–H groups in total. The number of benzene rings is 2. The lowest BCUT2D eigenvalue weighted by Crippen LogP contribution is -2.33. The van der Waals surface area contributed by atoms with Gasteiger partial charge in [0.1, 0.15) is 0 Å². The van der Waals surface area contributed by atoms with Gasteiger partial charge in [0.15, 0.2) is 5.13 Å². The molecule has 0 aliphatic heterocycles. The van der Waals surface area contributed by atoms with Crippen molar-refractivity contribution in [3.05, 3.63) is 53.6 Å². The largest absolute Gasteiger partial charge is 0.462 e. The highest BCUT2D eigenvalue weighted by Gasteiger charge is 2.23. The highest BCUT2D eigenvalue weighted by atomic mass is 32.2. The van der Waals surface area contributed by atoms with Crippen LogP contribution in [0, 0.1) is 0 Å². The first-order valence-corrected chi connectivity index (χ1v) is 11.9. The molecule has 8 nitrogen and oxygen atoms in total. The smallest absolute Gasteiger partial charge is 0.338 e. The molecule has 1 amide bonds. The summed E-state index contributed by atoms with van der Waals surface area (Å²) in [5.74, 6) is -0.827. The number of anilines is 1. The molecule has 1 aromatic heterocycles. The van der Waals surface area contributed by atoms with E-state index in [1.807, 2.05) is 0 Å². The second kappa shape index (κ2) is 9.13. The maximum absolute atomic E-state index is 12.6. The molecule has 0 bridgehead atoms. The predicted octanol–water partition coefficient (Wildman–Crippen LogP) is 3.75. The molecule has 10 heteroatoms. The average molecular weight is 462 g/mol. The van der Waals surface area contributed by atoms with Gasteiger partial charge in [-0.1, -0.05) is 11.3 Å². The average Bonchev–Trinajstić information content (AvgIpc) is 3.14. The number of nitrogens with one attached hydrogen (secondary N) is 1. The molecule has 0 spiro atoms. The summed E-state index contributed by atoms with van der Waals surface area (Å²) in [7, 11) is -2.10. The van der Waals surface area contributed by atoms with Gasteiger partial charge < -0.3 is 4.74 Å². The molecule has 0 aliphatic carbocycles. The van der Waals surface area contributed by atoms with Crippen molar-refractivity contribution in [1.82, 2.24) is 9.29 Å². The number of thiazole rings is 1. The Kier molecular flexibility index (Phi) is 6.73. The number of ether oxygens (including phenoxy) is 1. The van der Waals surface area contributed by atoms with Crippen molar-refractivity contribution in [2.45, 2.75) is 31.7 Å². The van der Waals surface area contributed by atoms with Gasteiger partial charge in [0.2, 0.25) is 10.0 Å². The second-order valence-corrected chi connectivity index (χ2v) is 10.0. The van der Waals surface area contributed by atoms with Crippen molar-refractivity contribution < 1.29 is 22.7 Å². The minimum absolute atomic E-state index is 0.117. The monoisotopic (exact) mass is 461 g/mol. The van der Waals surface area contributed by atoms with Crippen LogP contribution in [0.25, 0.3) is 10.2 Å². The topological polar surface area (TPSA) is 106 Å². The van der Waals surface area contributed by atoms with Gasteiger partial charge in [-0.25, -0.2) is 18.2 Å². The summed E-state index contributed by atoms with van der Waals surface area (Å²) in [4.78, 5) is 28.9. The summed E-state index contributed by atoms with van der Waals surface area (Å²) in [6.07, 6.45) is 0. The molecule has 1 heterocycles. The minimum atomic E-state index is -3.62. The molecule has 2 aromatic carbocycles. The first kappa shape index (κ1) is 22.9. The van der Waals surface area contributed by atoms with Crippen LogP contribution in [0.3, 0.4) is 0 Å². The molecule has 0 aliphatic rings. The number of amides is 1. The Bertz CT molecular complexity index is 1220. The van der Waals surface area contributed by atoms with Crippen molar-refractivity contribution in [3.63, 3.8) is 0 Å². The highest BCUT2D eigenvalue weighted by molar-refractivity contribution is 7.89. The molecular formula is C21H23N3O5S2. The van der Waals surface area contributed by atoms with E-state index in [-0.39, 0.29) is 17.5 Å². The Morgan fingerprint density at radius 3 is 2.39 bits per heavy atom. The number of nitrogens with zero attached hydrogens (tertiary/aromatic N) is 2. The van der Waals surface area contributed by atoms with Gasteiger partial charge in [0.25, 0.3) is 5.91 Å².